The van der Waals surface area contributed by atoms with Crippen molar-refractivity contribution in [1.82, 2.24) is 0 Å². The van der Waals surface area contributed by atoms with Gasteiger partial charge >= 0.3 is 0 Å². The Morgan fingerprint density at radius 2 is 2.07 bits per heavy atom. The Morgan fingerprint density at radius 1 is 1.40 bits per heavy atom. The first kappa shape index (κ1) is 11.1. The van der Waals surface area contributed by atoms with Crippen molar-refractivity contribution in [3.8, 4) is 0 Å². The number of alkyl halides is 2. The maximum atomic E-state index is 6.13. The predicted octanol–water partition coefficient (Wildman–Crippen LogP) is 3.50. The van der Waals surface area contributed by atoms with E-state index >= 15 is 0 Å². The van der Waals surface area contributed by atoms with Gasteiger partial charge in [-0.15, -0.1) is 23.2 Å². The highest BCUT2D eigenvalue weighted by Gasteiger charge is 2.63. The molecular weight excluding hydrogens is 233 g/mol. The first-order valence-corrected chi connectivity index (χ1v) is 5.52. The van der Waals surface area contributed by atoms with Crippen molar-refractivity contribution in [3.05, 3.63) is 29.8 Å². The second-order valence-electron chi connectivity index (χ2n) is 4.10. The van der Waals surface area contributed by atoms with E-state index in [1.807, 2.05) is 24.3 Å². The first-order chi connectivity index (χ1) is 6.99. The maximum Gasteiger partial charge on any atom is 0.128 e. The van der Waals surface area contributed by atoms with Crippen molar-refractivity contribution in [2.75, 3.05) is 12.6 Å². The molecule has 0 bridgehead atoms. The van der Waals surface area contributed by atoms with Crippen molar-refractivity contribution >= 4 is 28.9 Å². The molecule has 0 radical (unpaired) electrons. The third kappa shape index (κ3) is 1.82. The molecule has 1 atom stereocenters. The average Bonchev–Trinajstić information content (AvgIpc) is 2.69. The van der Waals surface area contributed by atoms with Gasteiger partial charge in [-0.2, -0.15) is 0 Å². The number of rotatable bonds is 3. The van der Waals surface area contributed by atoms with E-state index in [4.69, 9.17) is 28.0 Å². The lowest BCUT2D eigenvalue weighted by Gasteiger charge is -2.14. The van der Waals surface area contributed by atoms with Crippen LogP contribution in [-0.4, -0.2) is 11.4 Å². The number of anilines is 1. The zero-order valence-corrected chi connectivity index (χ0v) is 10.2. The van der Waals surface area contributed by atoms with Crippen LogP contribution in [0, 0.1) is 0 Å². The zero-order chi connectivity index (χ0) is 11.1. The van der Waals surface area contributed by atoms with E-state index in [0.717, 1.165) is 17.7 Å². The molecule has 1 aromatic rings. The van der Waals surface area contributed by atoms with E-state index < -0.39 is 4.33 Å². The summed E-state index contributed by atoms with van der Waals surface area (Å²) in [5, 5.41) is 0. The Hall–Kier alpha value is -0.440. The second kappa shape index (κ2) is 3.55. The summed E-state index contributed by atoms with van der Waals surface area (Å²) in [4.78, 5) is 4.85. The minimum absolute atomic E-state index is 0.137. The molecule has 1 unspecified atom stereocenters. The van der Waals surface area contributed by atoms with Gasteiger partial charge < -0.3 is 0 Å². The van der Waals surface area contributed by atoms with E-state index in [1.165, 1.54) is 0 Å². The van der Waals surface area contributed by atoms with Gasteiger partial charge in [0.15, 0.2) is 0 Å². The van der Waals surface area contributed by atoms with E-state index in [-0.39, 0.29) is 5.41 Å². The van der Waals surface area contributed by atoms with Gasteiger partial charge in [0, 0.05) is 5.41 Å². The lowest BCUT2D eigenvalue weighted by molar-refractivity contribution is 0.271. The number of hydrogen-bond donors (Lipinski definition) is 1. The quantitative estimate of drug-likeness (QED) is 0.651. The standard InChI is InChI=1S/C11H13Cl2NO/c1-10(7-11(10,12)13)8-4-3-5-9(6-8)14-15-2/h3-6,14H,7H2,1-2H3. The highest BCUT2D eigenvalue weighted by molar-refractivity contribution is 6.52. The number of benzene rings is 1. The summed E-state index contributed by atoms with van der Waals surface area (Å²) in [5.41, 5.74) is 4.69. The molecule has 82 valence electrons. The molecule has 4 heteroatoms. The third-order valence-electron chi connectivity index (χ3n) is 2.98. The third-order valence-corrected chi connectivity index (χ3v) is 4.08. The number of halogens is 2. The van der Waals surface area contributed by atoms with Gasteiger partial charge in [-0.3, -0.25) is 10.3 Å². The van der Waals surface area contributed by atoms with Crippen molar-refractivity contribution in [2.24, 2.45) is 0 Å². The monoisotopic (exact) mass is 245 g/mol. The average molecular weight is 246 g/mol. The molecule has 0 amide bonds. The van der Waals surface area contributed by atoms with Crippen LogP contribution in [0.5, 0.6) is 0 Å². The highest BCUT2D eigenvalue weighted by Crippen LogP contribution is 2.64. The lowest BCUT2D eigenvalue weighted by Crippen LogP contribution is -2.10. The SMILES string of the molecule is CONc1cccc(C2(C)CC2(Cl)Cl)c1. The van der Waals surface area contributed by atoms with Crippen molar-refractivity contribution in [2.45, 2.75) is 23.1 Å². The molecule has 1 aromatic carbocycles. The molecule has 1 N–H and O–H groups in total. The predicted molar refractivity (Wildman–Crippen MR) is 63.5 cm³/mol. The lowest BCUT2D eigenvalue weighted by atomic mass is 9.98. The summed E-state index contributed by atoms with van der Waals surface area (Å²) in [6.07, 6.45) is 0.791. The summed E-state index contributed by atoms with van der Waals surface area (Å²) in [7, 11) is 1.58. The molecule has 0 heterocycles. The van der Waals surface area contributed by atoms with Crippen molar-refractivity contribution in [3.63, 3.8) is 0 Å². The molecule has 1 aliphatic rings. The normalized spacial score (nSPS) is 27.5. The molecule has 0 aliphatic heterocycles. The number of nitrogens with one attached hydrogen (secondary N) is 1. The van der Waals surface area contributed by atoms with Crippen LogP contribution in [0.3, 0.4) is 0 Å². The molecular formula is C11H13Cl2NO. The van der Waals surface area contributed by atoms with Gasteiger partial charge in [-0.1, -0.05) is 19.1 Å². The smallest absolute Gasteiger partial charge is 0.128 e. The van der Waals surface area contributed by atoms with Crippen LogP contribution in [0.1, 0.15) is 18.9 Å². The Kier molecular flexibility index (Phi) is 2.61. The minimum atomic E-state index is -0.626. The van der Waals surface area contributed by atoms with Crippen molar-refractivity contribution in [1.29, 1.82) is 0 Å². The molecule has 1 saturated carbocycles. The molecule has 2 rings (SSSR count). The van der Waals surface area contributed by atoms with E-state index in [0.29, 0.717) is 0 Å². The van der Waals surface area contributed by atoms with Crippen LogP contribution in [-0.2, 0) is 10.3 Å². The van der Waals surface area contributed by atoms with E-state index in [1.54, 1.807) is 7.11 Å². The molecule has 2 nitrogen and oxygen atoms in total. The summed E-state index contributed by atoms with van der Waals surface area (Å²) in [5.74, 6) is 0. The van der Waals surface area contributed by atoms with Crippen LogP contribution in [0.4, 0.5) is 5.69 Å². The van der Waals surface area contributed by atoms with Crippen LogP contribution in [0.2, 0.25) is 0 Å². The van der Waals surface area contributed by atoms with Crippen LogP contribution >= 0.6 is 23.2 Å². The fourth-order valence-electron chi connectivity index (χ4n) is 1.76. The maximum absolute atomic E-state index is 6.13. The molecule has 1 aliphatic carbocycles. The van der Waals surface area contributed by atoms with E-state index in [9.17, 15) is 0 Å². The first-order valence-electron chi connectivity index (χ1n) is 4.77. The molecule has 1 fully saturated rings. The van der Waals surface area contributed by atoms with Crippen molar-refractivity contribution < 1.29 is 4.84 Å². The van der Waals surface area contributed by atoms with Crippen LogP contribution in [0.25, 0.3) is 0 Å². The van der Waals surface area contributed by atoms with E-state index in [2.05, 4.69) is 12.4 Å². The fraction of sp³-hybridized carbons (Fsp3) is 0.455. The minimum Gasteiger partial charge on any atom is -0.279 e. The van der Waals surface area contributed by atoms with Crippen LogP contribution < -0.4 is 5.48 Å². The topological polar surface area (TPSA) is 21.3 Å². The van der Waals surface area contributed by atoms with Gasteiger partial charge in [0.2, 0.25) is 0 Å². The van der Waals surface area contributed by atoms with Gasteiger partial charge in [0.1, 0.15) is 4.33 Å². The van der Waals surface area contributed by atoms with Gasteiger partial charge in [0.25, 0.3) is 0 Å². The molecule has 0 saturated heterocycles. The molecule has 0 aromatic heterocycles. The summed E-state index contributed by atoms with van der Waals surface area (Å²) < 4.78 is -0.626. The summed E-state index contributed by atoms with van der Waals surface area (Å²) in [6, 6.07) is 7.94. The van der Waals surface area contributed by atoms with Gasteiger partial charge in [-0.05, 0) is 24.1 Å². The van der Waals surface area contributed by atoms with Crippen LogP contribution in [0.15, 0.2) is 24.3 Å². The molecule has 0 spiro atoms. The Morgan fingerprint density at radius 3 is 2.60 bits per heavy atom. The largest absolute Gasteiger partial charge is 0.279 e. The Balaban J connectivity index is 2.27. The summed E-state index contributed by atoms with van der Waals surface area (Å²) in [6.45, 7) is 2.07. The Labute approximate surface area is 99.5 Å². The van der Waals surface area contributed by atoms with Gasteiger partial charge in [0.05, 0.1) is 12.8 Å². The van der Waals surface area contributed by atoms with Gasteiger partial charge in [-0.25, -0.2) is 0 Å². The zero-order valence-electron chi connectivity index (χ0n) is 8.68. The fourth-order valence-corrected chi connectivity index (χ4v) is 2.51. The number of hydrogen-bond acceptors (Lipinski definition) is 2. The molecule has 15 heavy (non-hydrogen) atoms. The summed E-state index contributed by atoms with van der Waals surface area (Å²) >= 11 is 12.3. The highest BCUT2D eigenvalue weighted by atomic mass is 35.5. The second-order valence-corrected chi connectivity index (χ2v) is 5.58. The Bertz CT molecular complexity index is 381.